The van der Waals surface area contributed by atoms with E-state index >= 15 is 0 Å². The molecule has 1 atom stereocenters. The van der Waals surface area contributed by atoms with Gasteiger partial charge in [0.05, 0.1) is 20.4 Å². The third kappa shape index (κ3) is 3.78. The van der Waals surface area contributed by atoms with Crippen LogP contribution in [0.1, 0.15) is 12.5 Å². The third-order valence-electron chi connectivity index (χ3n) is 1.84. The van der Waals surface area contributed by atoms with E-state index in [-0.39, 0.29) is 6.01 Å². The normalized spacial score (nSPS) is 11.8. The maximum Gasteiger partial charge on any atom is 0.319 e. The van der Waals surface area contributed by atoms with Crippen molar-refractivity contribution in [1.82, 2.24) is 9.97 Å². The molecular formula is C12H14N2O3. The fourth-order valence-corrected chi connectivity index (χ4v) is 1.07. The topological polar surface area (TPSA) is 64.5 Å². The summed E-state index contributed by atoms with van der Waals surface area (Å²) in [4.78, 5) is 7.89. The van der Waals surface area contributed by atoms with Crippen LogP contribution in [0.3, 0.4) is 0 Å². The molecule has 1 aromatic heterocycles. The van der Waals surface area contributed by atoms with E-state index in [9.17, 15) is 5.11 Å². The molecule has 1 aromatic rings. The number of methoxy groups -OCH3 is 2. The Morgan fingerprint density at radius 2 is 2.18 bits per heavy atom. The standard InChI is InChI=1S/C12H14N2O3/c1-4-5-10(15)7-6-9-8-13-12(17-3)14-11(9)16-2/h4-5,8,10,15H,1-3H3. The molecule has 1 N–H and O–H groups in total. The Hall–Kier alpha value is -2.06. The summed E-state index contributed by atoms with van der Waals surface area (Å²) in [6.07, 6.45) is 3.97. The minimum Gasteiger partial charge on any atom is -0.480 e. The maximum absolute atomic E-state index is 9.41. The second-order valence-corrected chi connectivity index (χ2v) is 3.02. The SMILES string of the molecule is CC=CC(O)C#Cc1cnc(OC)nc1OC. The van der Waals surface area contributed by atoms with Crippen molar-refractivity contribution in [3.63, 3.8) is 0 Å². The second-order valence-electron chi connectivity index (χ2n) is 3.02. The lowest BCUT2D eigenvalue weighted by molar-refractivity contribution is 0.280. The highest BCUT2D eigenvalue weighted by molar-refractivity contribution is 5.41. The van der Waals surface area contributed by atoms with Gasteiger partial charge in [-0.1, -0.05) is 17.9 Å². The minimum atomic E-state index is -0.813. The van der Waals surface area contributed by atoms with Gasteiger partial charge in [0, 0.05) is 0 Å². The van der Waals surface area contributed by atoms with E-state index in [1.165, 1.54) is 20.4 Å². The van der Waals surface area contributed by atoms with Crippen LogP contribution in [0, 0.1) is 11.8 Å². The summed E-state index contributed by atoms with van der Waals surface area (Å²) in [6.45, 7) is 1.81. The quantitative estimate of drug-likeness (QED) is 0.618. The molecule has 17 heavy (non-hydrogen) atoms. The lowest BCUT2D eigenvalue weighted by atomic mass is 10.2. The minimum absolute atomic E-state index is 0.210. The van der Waals surface area contributed by atoms with Gasteiger partial charge in [-0.05, 0) is 13.0 Å². The van der Waals surface area contributed by atoms with Gasteiger partial charge in [-0.15, -0.1) is 0 Å². The molecule has 0 fully saturated rings. The smallest absolute Gasteiger partial charge is 0.319 e. The highest BCUT2D eigenvalue weighted by Crippen LogP contribution is 2.15. The first-order chi connectivity index (χ1) is 8.21. The monoisotopic (exact) mass is 234 g/mol. The number of aromatic nitrogens is 2. The third-order valence-corrected chi connectivity index (χ3v) is 1.84. The molecule has 0 radical (unpaired) electrons. The van der Waals surface area contributed by atoms with Crippen LogP contribution in [0.4, 0.5) is 0 Å². The Morgan fingerprint density at radius 1 is 1.41 bits per heavy atom. The second kappa shape index (κ2) is 6.51. The van der Waals surface area contributed by atoms with E-state index in [2.05, 4.69) is 21.8 Å². The van der Waals surface area contributed by atoms with E-state index in [4.69, 9.17) is 9.47 Å². The lowest BCUT2D eigenvalue weighted by Crippen LogP contribution is -1.99. The number of nitrogens with zero attached hydrogens (tertiary/aromatic N) is 2. The first-order valence-electron chi connectivity index (χ1n) is 4.98. The van der Waals surface area contributed by atoms with E-state index in [0.29, 0.717) is 11.4 Å². The molecule has 0 aliphatic heterocycles. The lowest BCUT2D eigenvalue weighted by Gasteiger charge is -2.03. The van der Waals surface area contributed by atoms with Gasteiger partial charge >= 0.3 is 6.01 Å². The molecule has 0 saturated heterocycles. The van der Waals surface area contributed by atoms with Gasteiger partial charge in [0.2, 0.25) is 5.88 Å². The Bertz CT molecular complexity index is 461. The van der Waals surface area contributed by atoms with Crippen molar-refractivity contribution in [2.24, 2.45) is 0 Å². The summed E-state index contributed by atoms with van der Waals surface area (Å²) in [6, 6.07) is 0.210. The largest absolute Gasteiger partial charge is 0.480 e. The molecule has 0 aliphatic rings. The van der Waals surface area contributed by atoms with Crippen LogP contribution in [0.15, 0.2) is 18.3 Å². The maximum atomic E-state index is 9.41. The average molecular weight is 234 g/mol. The summed E-state index contributed by atoms with van der Waals surface area (Å²) >= 11 is 0. The first-order valence-corrected chi connectivity index (χ1v) is 4.98. The van der Waals surface area contributed by atoms with Crippen molar-refractivity contribution in [2.75, 3.05) is 14.2 Å². The molecule has 0 spiro atoms. The Labute approximate surface area is 100 Å². The van der Waals surface area contributed by atoms with Crippen LogP contribution in [0.25, 0.3) is 0 Å². The molecule has 1 unspecified atom stereocenters. The summed E-state index contributed by atoms with van der Waals surface area (Å²) < 4.78 is 9.91. The zero-order valence-corrected chi connectivity index (χ0v) is 9.97. The van der Waals surface area contributed by atoms with Crippen LogP contribution in [-0.2, 0) is 0 Å². The van der Waals surface area contributed by atoms with Gasteiger partial charge in [0.25, 0.3) is 0 Å². The molecule has 0 saturated carbocycles. The van der Waals surface area contributed by atoms with E-state index in [0.717, 1.165) is 0 Å². The molecule has 0 amide bonds. The number of aliphatic hydroxyl groups excluding tert-OH is 1. The fraction of sp³-hybridized carbons (Fsp3) is 0.333. The van der Waals surface area contributed by atoms with Gasteiger partial charge in [0.15, 0.2) is 0 Å². The van der Waals surface area contributed by atoms with Gasteiger partial charge in [0.1, 0.15) is 11.7 Å². The zero-order chi connectivity index (χ0) is 12.7. The summed E-state index contributed by atoms with van der Waals surface area (Å²) in [7, 11) is 2.95. The molecule has 1 heterocycles. The molecule has 5 nitrogen and oxygen atoms in total. The van der Waals surface area contributed by atoms with E-state index in [1.54, 1.807) is 12.2 Å². The number of rotatable bonds is 3. The van der Waals surface area contributed by atoms with Crippen LogP contribution < -0.4 is 9.47 Å². The Kier molecular flexibility index (Phi) is 4.98. The van der Waals surface area contributed by atoms with Crippen LogP contribution in [0.5, 0.6) is 11.9 Å². The van der Waals surface area contributed by atoms with E-state index < -0.39 is 6.10 Å². The summed E-state index contributed by atoms with van der Waals surface area (Å²) in [5.41, 5.74) is 0.497. The van der Waals surface area contributed by atoms with Gasteiger partial charge in [-0.3, -0.25) is 0 Å². The molecular weight excluding hydrogens is 220 g/mol. The van der Waals surface area contributed by atoms with Crippen LogP contribution in [-0.4, -0.2) is 35.4 Å². The van der Waals surface area contributed by atoms with Crippen molar-refractivity contribution in [1.29, 1.82) is 0 Å². The fourth-order valence-electron chi connectivity index (χ4n) is 1.07. The Balaban J connectivity index is 2.98. The van der Waals surface area contributed by atoms with Crippen molar-refractivity contribution < 1.29 is 14.6 Å². The number of aliphatic hydroxyl groups is 1. The number of allylic oxidation sites excluding steroid dienone is 1. The predicted octanol–water partition coefficient (Wildman–Crippen LogP) is 0.782. The molecule has 1 rings (SSSR count). The highest BCUT2D eigenvalue weighted by Gasteiger charge is 2.05. The van der Waals surface area contributed by atoms with Gasteiger partial charge in [-0.25, -0.2) is 4.98 Å². The summed E-state index contributed by atoms with van der Waals surface area (Å²) in [5.74, 6) is 5.69. The van der Waals surface area contributed by atoms with Gasteiger partial charge < -0.3 is 14.6 Å². The molecule has 5 heteroatoms. The predicted molar refractivity (Wildman–Crippen MR) is 62.8 cm³/mol. The van der Waals surface area contributed by atoms with Crippen molar-refractivity contribution in [3.05, 3.63) is 23.9 Å². The molecule has 0 aromatic carbocycles. The number of hydrogen-bond donors (Lipinski definition) is 1. The van der Waals surface area contributed by atoms with Crippen molar-refractivity contribution in [3.8, 4) is 23.7 Å². The van der Waals surface area contributed by atoms with E-state index in [1.807, 2.05) is 6.92 Å². The average Bonchev–Trinajstić information content (AvgIpc) is 2.36. The van der Waals surface area contributed by atoms with Crippen LogP contribution in [0.2, 0.25) is 0 Å². The van der Waals surface area contributed by atoms with Crippen molar-refractivity contribution in [2.45, 2.75) is 13.0 Å². The molecule has 0 bridgehead atoms. The number of hydrogen-bond acceptors (Lipinski definition) is 5. The molecule has 90 valence electrons. The van der Waals surface area contributed by atoms with Crippen LogP contribution >= 0.6 is 0 Å². The zero-order valence-electron chi connectivity index (χ0n) is 9.97. The van der Waals surface area contributed by atoms with Gasteiger partial charge in [-0.2, -0.15) is 4.98 Å². The highest BCUT2D eigenvalue weighted by atomic mass is 16.5. The Morgan fingerprint density at radius 3 is 2.76 bits per heavy atom. The first kappa shape index (κ1) is 13.0. The molecule has 0 aliphatic carbocycles. The number of ether oxygens (including phenoxy) is 2. The summed E-state index contributed by atoms with van der Waals surface area (Å²) in [5, 5.41) is 9.41. The van der Waals surface area contributed by atoms with Crippen molar-refractivity contribution >= 4 is 0 Å².